The van der Waals surface area contributed by atoms with Gasteiger partial charge >= 0.3 is 0 Å². The van der Waals surface area contributed by atoms with Crippen molar-refractivity contribution < 1.29 is 9.59 Å². The van der Waals surface area contributed by atoms with Gasteiger partial charge in [0.05, 0.1) is 6.42 Å². The molecule has 0 saturated carbocycles. The van der Waals surface area contributed by atoms with E-state index in [2.05, 4.69) is 5.10 Å². The van der Waals surface area contributed by atoms with E-state index in [9.17, 15) is 9.59 Å². The van der Waals surface area contributed by atoms with Crippen molar-refractivity contribution >= 4 is 17.5 Å². The highest BCUT2D eigenvalue weighted by Crippen LogP contribution is 2.16. The lowest BCUT2D eigenvalue weighted by molar-refractivity contribution is -0.140. The predicted molar refractivity (Wildman–Crippen MR) is 65.1 cm³/mol. The minimum absolute atomic E-state index is 0.231. The molecule has 0 aromatic rings. The lowest BCUT2D eigenvalue weighted by Crippen LogP contribution is -2.29. The highest BCUT2D eigenvalue weighted by atomic mass is 16.2. The van der Waals surface area contributed by atoms with E-state index < -0.39 is 0 Å². The molecule has 1 heterocycles. The van der Waals surface area contributed by atoms with E-state index in [0.717, 1.165) is 5.01 Å². The van der Waals surface area contributed by atoms with Crippen LogP contribution in [0.4, 0.5) is 0 Å². The van der Waals surface area contributed by atoms with Crippen LogP contribution in [0.2, 0.25) is 0 Å². The molecule has 0 aromatic carbocycles. The van der Waals surface area contributed by atoms with Gasteiger partial charge in [-0.1, -0.05) is 31.2 Å². The Morgan fingerprint density at radius 1 is 1.47 bits per heavy atom. The number of nitrogens with zero attached hydrogens (tertiary/aromatic N) is 2. The third-order valence-electron chi connectivity index (χ3n) is 2.62. The number of hydrogen-bond donors (Lipinski definition) is 0. The second-order valence-corrected chi connectivity index (χ2v) is 4.25. The topological polar surface area (TPSA) is 49.7 Å². The van der Waals surface area contributed by atoms with Gasteiger partial charge in [0.1, 0.15) is 0 Å². The Morgan fingerprint density at radius 3 is 2.88 bits per heavy atom. The number of hydrogen-bond acceptors (Lipinski definition) is 3. The van der Waals surface area contributed by atoms with Crippen LogP contribution < -0.4 is 0 Å². The zero-order valence-electron chi connectivity index (χ0n) is 9.88. The first-order valence-corrected chi connectivity index (χ1v) is 5.56. The zero-order valence-corrected chi connectivity index (χ0v) is 9.88. The smallest absolute Gasteiger partial charge is 0.272 e. The van der Waals surface area contributed by atoms with Crippen LogP contribution in [0, 0.1) is 5.92 Å². The average molecular weight is 230 g/mol. The van der Waals surface area contributed by atoms with Gasteiger partial charge in [0.2, 0.25) is 0 Å². The molecule has 17 heavy (non-hydrogen) atoms. The lowest BCUT2D eigenvalue weighted by atomic mass is 10.1. The van der Waals surface area contributed by atoms with Gasteiger partial charge in [-0.15, -0.1) is 0 Å². The van der Waals surface area contributed by atoms with E-state index in [4.69, 9.17) is 0 Å². The molecule has 0 bridgehead atoms. The molecule has 2 amide bonds. The second-order valence-electron chi connectivity index (χ2n) is 4.25. The third kappa shape index (κ3) is 2.41. The Kier molecular flexibility index (Phi) is 3.04. The molecule has 1 unspecified atom stereocenters. The molecule has 4 heteroatoms. The van der Waals surface area contributed by atoms with E-state index in [-0.39, 0.29) is 24.2 Å². The van der Waals surface area contributed by atoms with Crippen LogP contribution in [-0.2, 0) is 9.59 Å². The molecule has 2 rings (SSSR count). The van der Waals surface area contributed by atoms with Crippen molar-refractivity contribution in [1.82, 2.24) is 5.01 Å². The molecule has 0 radical (unpaired) electrons. The summed E-state index contributed by atoms with van der Waals surface area (Å²) < 4.78 is 0. The quantitative estimate of drug-likeness (QED) is 0.645. The normalized spacial score (nSPS) is 23.5. The van der Waals surface area contributed by atoms with Crippen LogP contribution in [0.25, 0.3) is 0 Å². The van der Waals surface area contributed by atoms with E-state index in [1.807, 2.05) is 25.2 Å². The maximum absolute atomic E-state index is 12.1. The minimum atomic E-state index is -0.359. The summed E-state index contributed by atoms with van der Waals surface area (Å²) in [5.41, 5.74) is 1.16. The summed E-state index contributed by atoms with van der Waals surface area (Å²) in [5, 5.41) is 4.90. The Morgan fingerprint density at radius 2 is 2.24 bits per heavy atom. The standard InChI is InChI=1S/C13H14N2O2/c1-9-4-3-5-11(7-6-9)13(17)15-12(16)8-10(2)14-15/h3-7,9H,8H2,1-2H3. The van der Waals surface area contributed by atoms with Crippen molar-refractivity contribution in [2.75, 3.05) is 0 Å². The molecule has 0 spiro atoms. The fourth-order valence-electron chi connectivity index (χ4n) is 1.69. The molecular weight excluding hydrogens is 216 g/mol. The first-order chi connectivity index (χ1) is 8.08. The summed E-state index contributed by atoms with van der Waals surface area (Å²) in [7, 11) is 0. The highest BCUT2D eigenvalue weighted by molar-refractivity contribution is 6.14. The van der Waals surface area contributed by atoms with Gasteiger partial charge in [-0.3, -0.25) is 9.59 Å². The number of amides is 2. The Bertz CT molecular complexity index is 484. The van der Waals surface area contributed by atoms with Crippen molar-refractivity contribution in [3.8, 4) is 0 Å². The number of rotatable bonds is 1. The van der Waals surface area contributed by atoms with E-state index in [1.165, 1.54) is 0 Å². The Balaban J connectivity index is 2.22. The van der Waals surface area contributed by atoms with E-state index in [0.29, 0.717) is 11.3 Å². The first kappa shape index (κ1) is 11.5. The summed E-state index contributed by atoms with van der Waals surface area (Å²) >= 11 is 0. The molecule has 4 nitrogen and oxygen atoms in total. The highest BCUT2D eigenvalue weighted by Gasteiger charge is 2.28. The summed E-state index contributed by atoms with van der Waals surface area (Å²) in [6.45, 7) is 3.77. The second kappa shape index (κ2) is 4.49. The van der Waals surface area contributed by atoms with Crippen molar-refractivity contribution in [3.63, 3.8) is 0 Å². The van der Waals surface area contributed by atoms with Crippen molar-refractivity contribution in [3.05, 3.63) is 36.0 Å². The van der Waals surface area contributed by atoms with Crippen LogP contribution in [0.15, 0.2) is 41.1 Å². The number of carbonyl (C=O) groups is 2. The van der Waals surface area contributed by atoms with Crippen LogP contribution in [0.1, 0.15) is 20.3 Å². The monoisotopic (exact) mass is 230 g/mol. The lowest BCUT2D eigenvalue weighted by Gasteiger charge is -2.09. The Hall–Kier alpha value is -1.97. The van der Waals surface area contributed by atoms with Crippen molar-refractivity contribution in [2.24, 2.45) is 11.0 Å². The van der Waals surface area contributed by atoms with Gasteiger partial charge in [0.15, 0.2) is 0 Å². The molecule has 88 valence electrons. The van der Waals surface area contributed by atoms with Crippen LogP contribution >= 0.6 is 0 Å². The largest absolute Gasteiger partial charge is 0.281 e. The van der Waals surface area contributed by atoms with Gasteiger partial charge in [-0.2, -0.15) is 10.1 Å². The number of hydrazone groups is 1. The zero-order chi connectivity index (χ0) is 12.4. The van der Waals surface area contributed by atoms with E-state index >= 15 is 0 Å². The van der Waals surface area contributed by atoms with Crippen molar-refractivity contribution in [2.45, 2.75) is 20.3 Å². The summed E-state index contributed by atoms with van der Waals surface area (Å²) in [4.78, 5) is 23.6. The summed E-state index contributed by atoms with van der Waals surface area (Å²) in [6.07, 6.45) is 9.41. The van der Waals surface area contributed by atoms with Crippen LogP contribution in [-0.4, -0.2) is 22.5 Å². The van der Waals surface area contributed by atoms with Gasteiger partial charge < -0.3 is 0 Å². The molecule has 0 fully saturated rings. The molecule has 0 N–H and O–H groups in total. The predicted octanol–water partition coefficient (Wildman–Crippen LogP) is 1.81. The SMILES string of the molecule is CC1=NN(C(=O)C2=CC=CC(C)C=C2)C(=O)C1. The molecule has 1 atom stereocenters. The van der Waals surface area contributed by atoms with E-state index in [1.54, 1.807) is 19.1 Å². The van der Waals surface area contributed by atoms with Gasteiger partial charge in [0, 0.05) is 11.3 Å². The maximum Gasteiger partial charge on any atom is 0.281 e. The number of imide groups is 1. The summed E-state index contributed by atoms with van der Waals surface area (Å²) in [6, 6.07) is 0. The maximum atomic E-state index is 12.1. The van der Waals surface area contributed by atoms with Crippen molar-refractivity contribution in [1.29, 1.82) is 0 Å². The van der Waals surface area contributed by atoms with Crippen LogP contribution in [0.3, 0.4) is 0 Å². The van der Waals surface area contributed by atoms with Gasteiger partial charge in [-0.25, -0.2) is 0 Å². The molecular formula is C13H14N2O2. The first-order valence-electron chi connectivity index (χ1n) is 5.56. The molecule has 1 aliphatic carbocycles. The average Bonchev–Trinajstić information content (AvgIpc) is 2.49. The number of carbonyl (C=O) groups excluding carboxylic acids is 2. The third-order valence-corrected chi connectivity index (χ3v) is 2.62. The summed E-state index contributed by atoms with van der Waals surface area (Å²) in [5.74, 6) is -0.332. The fraction of sp³-hybridized carbons (Fsp3) is 0.308. The Labute approximate surface area is 100.0 Å². The molecule has 1 aliphatic heterocycles. The molecule has 0 aromatic heterocycles. The van der Waals surface area contributed by atoms with Gasteiger partial charge in [0.25, 0.3) is 11.8 Å². The molecule has 2 aliphatic rings. The molecule has 0 saturated heterocycles. The van der Waals surface area contributed by atoms with Crippen LogP contribution in [0.5, 0.6) is 0 Å². The number of allylic oxidation sites excluding steroid dienone is 4. The van der Waals surface area contributed by atoms with Gasteiger partial charge in [-0.05, 0) is 18.9 Å². The minimum Gasteiger partial charge on any atom is -0.272 e. The fourth-order valence-corrected chi connectivity index (χ4v) is 1.69.